The lowest BCUT2D eigenvalue weighted by Crippen LogP contribution is -2.35. The summed E-state index contributed by atoms with van der Waals surface area (Å²) in [6.07, 6.45) is 2.48. The largest absolute Gasteiger partial charge is 0.352 e. The van der Waals surface area contributed by atoms with Gasteiger partial charge in [-0.25, -0.2) is 0 Å². The molecule has 1 aliphatic rings. The molecule has 0 unspecified atom stereocenters. The summed E-state index contributed by atoms with van der Waals surface area (Å²) in [5.41, 5.74) is 0.921. The summed E-state index contributed by atoms with van der Waals surface area (Å²) in [6.45, 7) is 4.28. The fourth-order valence-electron chi connectivity index (χ4n) is 2.47. The molecule has 0 aromatic heterocycles. The first-order chi connectivity index (χ1) is 10.6. The molecule has 0 saturated carbocycles. The normalized spacial score (nSPS) is 14.7. The highest BCUT2D eigenvalue weighted by molar-refractivity contribution is 6.31. The van der Waals surface area contributed by atoms with Crippen LogP contribution in [0.15, 0.2) is 18.2 Å². The van der Waals surface area contributed by atoms with Crippen molar-refractivity contribution in [2.24, 2.45) is 5.92 Å². The van der Waals surface area contributed by atoms with Gasteiger partial charge in [-0.1, -0.05) is 18.5 Å². The van der Waals surface area contributed by atoms with Crippen LogP contribution < -0.4 is 16.0 Å². The first-order valence-corrected chi connectivity index (χ1v) is 8.09. The van der Waals surface area contributed by atoms with Crippen LogP contribution in [-0.2, 0) is 4.79 Å². The number of rotatable bonds is 5. The quantitative estimate of drug-likeness (QED) is 0.756. The van der Waals surface area contributed by atoms with Crippen LogP contribution in [0, 0.1) is 5.92 Å². The van der Waals surface area contributed by atoms with Crippen molar-refractivity contribution in [2.45, 2.75) is 26.2 Å². The third-order valence-electron chi connectivity index (χ3n) is 3.73. The van der Waals surface area contributed by atoms with E-state index < -0.39 is 0 Å². The minimum absolute atomic E-state index is 0. The lowest BCUT2D eigenvalue weighted by molar-refractivity contribution is -0.120. The molecule has 2 amide bonds. The van der Waals surface area contributed by atoms with Crippen LogP contribution in [0.3, 0.4) is 0 Å². The Hall–Kier alpha value is -1.30. The Labute approximate surface area is 148 Å². The van der Waals surface area contributed by atoms with Crippen LogP contribution in [0.25, 0.3) is 0 Å². The van der Waals surface area contributed by atoms with Gasteiger partial charge in [0.25, 0.3) is 5.91 Å². The van der Waals surface area contributed by atoms with Crippen LogP contribution >= 0.6 is 24.0 Å². The molecule has 1 saturated heterocycles. The maximum Gasteiger partial charge on any atom is 0.253 e. The minimum atomic E-state index is -0.195. The Balaban J connectivity index is 0.00000264. The van der Waals surface area contributed by atoms with Crippen molar-refractivity contribution in [3.8, 4) is 0 Å². The first-order valence-electron chi connectivity index (χ1n) is 7.71. The Morgan fingerprint density at radius 3 is 2.65 bits per heavy atom. The number of halogens is 2. The molecular formula is C16H23Cl2N3O2. The first kappa shape index (κ1) is 19.7. The maximum atomic E-state index is 12.4. The monoisotopic (exact) mass is 359 g/mol. The fraction of sp³-hybridized carbons (Fsp3) is 0.500. The van der Waals surface area contributed by atoms with Crippen molar-refractivity contribution in [2.75, 3.05) is 25.0 Å². The van der Waals surface area contributed by atoms with Crippen LogP contribution in [-0.4, -0.2) is 31.4 Å². The van der Waals surface area contributed by atoms with Crippen LogP contribution in [0.5, 0.6) is 0 Å². The fourth-order valence-corrected chi connectivity index (χ4v) is 2.64. The second-order valence-electron chi connectivity index (χ2n) is 5.46. The summed E-state index contributed by atoms with van der Waals surface area (Å²) in [5, 5.41) is 9.41. The number of hydrogen-bond donors (Lipinski definition) is 3. The van der Waals surface area contributed by atoms with Gasteiger partial charge in [0.1, 0.15) is 0 Å². The second kappa shape index (κ2) is 9.75. The van der Waals surface area contributed by atoms with E-state index in [1.807, 2.05) is 6.92 Å². The smallest absolute Gasteiger partial charge is 0.253 e. The molecule has 0 bridgehead atoms. The average molecular weight is 360 g/mol. The minimum Gasteiger partial charge on any atom is -0.352 e. The predicted molar refractivity (Wildman–Crippen MR) is 95.5 cm³/mol. The number of nitrogens with one attached hydrogen (secondary N) is 3. The lowest BCUT2D eigenvalue weighted by atomic mass is 9.97. The van der Waals surface area contributed by atoms with Crippen LogP contribution in [0.1, 0.15) is 36.5 Å². The lowest BCUT2D eigenvalue weighted by Gasteiger charge is -2.22. The maximum absolute atomic E-state index is 12.4. The zero-order chi connectivity index (χ0) is 15.9. The summed E-state index contributed by atoms with van der Waals surface area (Å²) < 4.78 is 0. The highest BCUT2D eigenvalue weighted by atomic mass is 35.5. The molecule has 23 heavy (non-hydrogen) atoms. The van der Waals surface area contributed by atoms with E-state index in [1.165, 1.54) is 0 Å². The van der Waals surface area contributed by atoms with Gasteiger partial charge in [0.2, 0.25) is 5.91 Å². The van der Waals surface area contributed by atoms with E-state index in [4.69, 9.17) is 11.6 Å². The molecule has 1 aromatic rings. The number of benzene rings is 1. The van der Waals surface area contributed by atoms with Crippen molar-refractivity contribution in [1.82, 2.24) is 10.6 Å². The second-order valence-corrected chi connectivity index (χ2v) is 5.90. The number of anilines is 1. The van der Waals surface area contributed by atoms with Gasteiger partial charge in [0.05, 0.1) is 11.3 Å². The number of piperidine rings is 1. The Morgan fingerprint density at radius 1 is 1.30 bits per heavy atom. The SMILES string of the molecule is CCCNC(=O)c1ccc(Cl)cc1NC(=O)C1CCNCC1.Cl. The third-order valence-corrected chi connectivity index (χ3v) is 3.96. The van der Waals surface area contributed by atoms with Gasteiger partial charge in [0.15, 0.2) is 0 Å². The van der Waals surface area contributed by atoms with E-state index >= 15 is 0 Å². The van der Waals surface area contributed by atoms with Crippen molar-refractivity contribution < 1.29 is 9.59 Å². The summed E-state index contributed by atoms with van der Waals surface area (Å²) in [6, 6.07) is 4.93. The zero-order valence-electron chi connectivity index (χ0n) is 13.2. The number of amides is 2. The molecule has 128 valence electrons. The standard InChI is InChI=1S/C16H22ClN3O2.ClH/c1-2-7-19-16(22)13-4-3-12(17)10-14(13)20-15(21)11-5-8-18-9-6-11;/h3-4,10-11,18H,2,5-9H2,1H3,(H,19,22)(H,20,21);1H. The molecule has 1 heterocycles. The molecule has 3 N–H and O–H groups in total. The average Bonchev–Trinajstić information content (AvgIpc) is 2.53. The summed E-state index contributed by atoms with van der Waals surface area (Å²) in [7, 11) is 0. The third kappa shape index (κ3) is 5.68. The molecule has 0 aliphatic carbocycles. The van der Waals surface area contributed by atoms with Crippen LogP contribution in [0.4, 0.5) is 5.69 Å². The molecule has 7 heteroatoms. The van der Waals surface area contributed by atoms with Crippen molar-refractivity contribution >= 4 is 41.5 Å². The van der Waals surface area contributed by atoms with Gasteiger partial charge >= 0.3 is 0 Å². The molecule has 2 rings (SSSR count). The molecule has 0 spiro atoms. The zero-order valence-corrected chi connectivity index (χ0v) is 14.7. The van der Waals surface area contributed by atoms with E-state index in [-0.39, 0.29) is 30.1 Å². The number of hydrogen-bond acceptors (Lipinski definition) is 3. The molecular weight excluding hydrogens is 337 g/mol. The molecule has 1 aliphatic heterocycles. The highest BCUT2D eigenvalue weighted by Gasteiger charge is 2.22. The van der Waals surface area contributed by atoms with E-state index in [0.717, 1.165) is 32.4 Å². The van der Waals surface area contributed by atoms with Crippen molar-refractivity contribution in [1.29, 1.82) is 0 Å². The topological polar surface area (TPSA) is 70.2 Å². The summed E-state index contributed by atoms with van der Waals surface area (Å²) >= 11 is 6.00. The molecule has 1 fully saturated rings. The van der Waals surface area contributed by atoms with Gasteiger partial charge in [-0.15, -0.1) is 12.4 Å². The van der Waals surface area contributed by atoms with Crippen molar-refractivity contribution in [3.63, 3.8) is 0 Å². The van der Waals surface area contributed by atoms with Gasteiger partial charge in [0, 0.05) is 17.5 Å². The van der Waals surface area contributed by atoms with Gasteiger partial charge in [-0.05, 0) is 50.6 Å². The molecule has 0 atom stereocenters. The van der Waals surface area contributed by atoms with E-state index in [1.54, 1.807) is 18.2 Å². The van der Waals surface area contributed by atoms with E-state index in [0.29, 0.717) is 22.8 Å². The number of carbonyl (C=O) groups excluding carboxylic acids is 2. The summed E-state index contributed by atoms with van der Waals surface area (Å²) in [5.74, 6) is -0.265. The van der Waals surface area contributed by atoms with Gasteiger partial charge in [-0.3, -0.25) is 9.59 Å². The summed E-state index contributed by atoms with van der Waals surface area (Å²) in [4.78, 5) is 24.5. The van der Waals surface area contributed by atoms with Crippen molar-refractivity contribution in [3.05, 3.63) is 28.8 Å². The van der Waals surface area contributed by atoms with Crippen LogP contribution in [0.2, 0.25) is 5.02 Å². The Bertz CT molecular complexity index is 546. The van der Waals surface area contributed by atoms with Gasteiger partial charge in [-0.2, -0.15) is 0 Å². The van der Waals surface area contributed by atoms with E-state index in [9.17, 15) is 9.59 Å². The molecule has 0 radical (unpaired) electrons. The Kier molecular flexibility index (Phi) is 8.37. The molecule has 1 aromatic carbocycles. The predicted octanol–water partition coefficient (Wildman–Crippen LogP) is 2.84. The van der Waals surface area contributed by atoms with Gasteiger partial charge < -0.3 is 16.0 Å². The Morgan fingerprint density at radius 2 is 2.00 bits per heavy atom. The number of carbonyl (C=O) groups is 2. The molecule has 5 nitrogen and oxygen atoms in total. The highest BCUT2D eigenvalue weighted by Crippen LogP contribution is 2.23. The van der Waals surface area contributed by atoms with E-state index in [2.05, 4.69) is 16.0 Å².